The van der Waals surface area contributed by atoms with Crippen LogP contribution in [0.1, 0.15) is 11.1 Å². The molecule has 0 saturated carbocycles. The van der Waals surface area contributed by atoms with Gasteiger partial charge in [-0.3, -0.25) is 14.2 Å². The van der Waals surface area contributed by atoms with E-state index in [1.165, 1.54) is 23.1 Å². The average molecular weight is 496 g/mol. The van der Waals surface area contributed by atoms with E-state index < -0.39 is 0 Å². The predicted molar refractivity (Wildman–Crippen MR) is 138 cm³/mol. The number of hydrogen-bond acceptors (Lipinski definition) is 5. The highest BCUT2D eigenvalue weighted by Gasteiger charge is 2.17. The minimum Gasteiger partial charge on any atom is -0.351 e. The van der Waals surface area contributed by atoms with Crippen molar-refractivity contribution < 1.29 is 4.79 Å². The number of hydrogen-bond donors (Lipinski definition) is 1. The van der Waals surface area contributed by atoms with Crippen molar-refractivity contribution in [2.24, 2.45) is 0 Å². The SMILES string of the molecule is C=CCn1c(SCC(=O)NCc2ccc(Cl)cc2)nc2scc(-c3ccc(C)cc3)c2c1=O. The molecule has 4 rings (SSSR count). The Morgan fingerprint density at radius 3 is 2.64 bits per heavy atom. The molecule has 2 aromatic carbocycles. The van der Waals surface area contributed by atoms with Gasteiger partial charge in [-0.1, -0.05) is 71.4 Å². The lowest BCUT2D eigenvalue weighted by Gasteiger charge is -2.11. The van der Waals surface area contributed by atoms with Crippen LogP contribution in [0.15, 0.2) is 76.5 Å². The summed E-state index contributed by atoms with van der Waals surface area (Å²) in [6.45, 7) is 6.54. The molecule has 0 aliphatic carbocycles. The fourth-order valence-electron chi connectivity index (χ4n) is 3.34. The molecule has 5 nitrogen and oxygen atoms in total. The number of amides is 1. The summed E-state index contributed by atoms with van der Waals surface area (Å²) in [5.74, 6) is 0.0137. The maximum Gasteiger partial charge on any atom is 0.263 e. The smallest absolute Gasteiger partial charge is 0.263 e. The number of halogens is 1. The summed E-state index contributed by atoms with van der Waals surface area (Å²) in [5, 5.41) is 6.61. The van der Waals surface area contributed by atoms with Crippen LogP contribution in [0.25, 0.3) is 21.3 Å². The van der Waals surface area contributed by atoms with E-state index >= 15 is 0 Å². The molecule has 2 heterocycles. The first-order valence-electron chi connectivity index (χ1n) is 10.3. The molecule has 0 radical (unpaired) electrons. The largest absolute Gasteiger partial charge is 0.351 e. The van der Waals surface area contributed by atoms with Gasteiger partial charge in [-0.15, -0.1) is 17.9 Å². The zero-order valence-electron chi connectivity index (χ0n) is 18.0. The molecule has 0 aliphatic heterocycles. The predicted octanol–water partition coefficient (Wildman–Crippen LogP) is 5.68. The summed E-state index contributed by atoms with van der Waals surface area (Å²) in [5.41, 5.74) is 3.86. The monoisotopic (exact) mass is 495 g/mol. The first-order chi connectivity index (χ1) is 16.0. The zero-order valence-corrected chi connectivity index (χ0v) is 20.4. The van der Waals surface area contributed by atoms with Gasteiger partial charge in [0.2, 0.25) is 5.91 Å². The lowest BCUT2D eigenvalue weighted by molar-refractivity contribution is -0.118. The molecule has 0 bridgehead atoms. The normalized spacial score (nSPS) is 11.0. The second-order valence-electron chi connectivity index (χ2n) is 7.49. The van der Waals surface area contributed by atoms with Crippen LogP contribution in [-0.2, 0) is 17.9 Å². The van der Waals surface area contributed by atoms with E-state index in [0.29, 0.717) is 33.5 Å². The summed E-state index contributed by atoms with van der Waals surface area (Å²) >= 11 is 8.58. The minimum absolute atomic E-state index is 0.124. The summed E-state index contributed by atoms with van der Waals surface area (Å²) in [6, 6.07) is 15.4. The molecule has 1 amide bonds. The van der Waals surface area contributed by atoms with Crippen molar-refractivity contribution in [1.82, 2.24) is 14.9 Å². The second kappa shape index (κ2) is 10.4. The van der Waals surface area contributed by atoms with E-state index in [0.717, 1.165) is 22.3 Å². The van der Waals surface area contributed by atoms with Crippen LogP contribution in [0.4, 0.5) is 0 Å². The number of carbonyl (C=O) groups excluding carboxylic acids is 1. The Bertz CT molecular complexity index is 1360. The number of aryl methyl sites for hydroxylation is 1. The Kier molecular flexibility index (Phi) is 7.33. The summed E-state index contributed by atoms with van der Waals surface area (Å²) < 4.78 is 1.58. The van der Waals surface area contributed by atoms with Crippen LogP contribution in [0.5, 0.6) is 0 Å². The van der Waals surface area contributed by atoms with Crippen molar-refractivity contribution in [1.29, 1.82) is 0 Å². The molecule has 168 valence electrons. The average Bonchev–Trinajstić information content (AvgIpc) is 3.24. The number of benzene rings is 2. The first kappa shape index (κ1) is 23.3. The number of nitrogens with zero attached hydrogens (tertiary/aromatic N) is 2. The molecular formula is C25H22ClN3O2S2. The fourth-order valence-corrected chi connectivity index (χ4v) is 5.29. The number of fused-ring (bicyclic) bond motifs is 1. The number of nitrogens with one attached hydrogen (secondary N) is 1. The molecule has 0 unspecified atom stereocenters. The van der Waals surface area contributed by atoms with E-state index in [1.54, 1.807) is 22.8 Å². The lowest BCUT2D eigenvalue weighted by Crippen LogP contribution is -2.26. The number of thioether (sulfide) groups is 1. The number of thiophene rings is 1. The van der Waals surface area contributed by atoms with Crippen LogP contribution in [-0.4, -0.2) is 21.2 Å². The second-order valence-corrected chi connectivity index (χ2v) is 9.72. The van der Waals surface area contributed by atoms with E-state index in [-0.39, 0.29) is 17.2 Å². The Morgan fingerprint density at radius 2 is 1.94 bits per heavy atom. The van der Waals surface area contributed by atoms with Gasteiger partial charge in [0.1, 0.15) is 4.83 Å². The quantitative estimate of drug-likeness (QED) is 0.194. The lowest BCUT2D eigenvalue weighted by atomic mass is 10.1. The molecule has 0 saturated heterocycles. The highest BCUT2D eigenvalue weighted by Crippen LogP contribution is 2.32. The summed E-state index contributed by atoms with van der Waals surface area (Å²) in [7, 11) is 0. The van der Waals surface area contributed by atoms with Gasteiger partial charge in [0.15, 0.2) is 5.16 Å². The van der Waals surface area contributed by atoms with Crippen molar-refractivity contribution in [2.75, 3.05) is 5.75 Å². The highest BCUT2D eigenvalue weighted by atomic mass is 35.5. The van der Waals surface area contributed by atoms with E-state index in [1.807, 2.05) is 48.7 Å². The van der Waals surface area contributed by atoms with Gasteiger partial charge in [-0.2, -0.15) is 0 Å². The van der Waals surface area contributed by atoms with Crippen molar-refractivity contribution in [3.8, 4) is 11.1 Å². The molecule has 1 N–H and O–H groups in total. The van der Waals surface area contributed by atoms with Crippen molar-refractivity contribution >= 4 is 50.8 Å². The van der Waals surface area contributed by atoms with Crippen molar-refractivity contribution in [3.05, 3.63) is 93.1 Å². The highest BCUT2D eigenvalue weighted by molar-refractivity contribution is 7.99. The molecule has 0 atom stereocenters. The summed E-state index contributed by atoms with van der Waals surface area (Å²) in [4.78, 5) is 31.2. The van der Waals surface area contributed by atoms with Crippen LogP contribution in [0.2, 0.25) is 5.02 Å². The molecule has 0 fully saturated rings. The maximum absolute atomic E-state index is 13.4. The van der Waals surface area contributed by atoms with Gasteiger partial charge in [-0.05, 0) is 30.2 Å². The Balaban J connectivity index is 1.55. The van der Waals surface area contributed by atoms with Crippen LogP contribution >= 0.6 is 34.7 Å². The standard InChI is InChI=1S/C25H22ClN3O2S2/c1-3-12-29-24(31)22-20(18-8-4-16(2)5-9-18)14-32-23(22)28-25(29)33-15-21(30)27-13-17-6-10-19(26)11-7-17/h3-11,14H,1,12-13,15H2,2H3,(H,27,30). The van der Waals surface area contributed by atoms with Gasteiger partial charge in [0.05, 0.1) is 11.1 Å². The number of aromatic nitrogens is 2. The third kappa shape index (κ3) is 5.38. The third-order valence-electron chi connectivity index (χ3n) is 5.07. The number of carbonyl (C=O) groups is 1. The molecule has 0 spiro atoms. The molecule has 4 aromatic rings. The topological polar surface area (TPSA) is 64.0 Å². The number of allylic oxidation sites excluding steroid dienone is 1. The summed E-state index contributed by atoms with van der Waals surface area (Å²) in [6.07, 6.45) is 1.66. The van der Waals surface area contributed by atoms with Crippen LogP contribution < -0.4 is 10.9 Å². The molecule has 8 heteroatoms. The van der Waals surface area contributed by atoms with Crippen LogP contribution in [0.3, 0.4) is 0 Å². The number of rotatable bonds is 8. The molecular weight excluding hydrogens is 474 g/mol. The Hall–Kier alpha value is -2.87. The van der Waals surface area contributed by atoms with Crippen molar-refractivity contribution in [3.63, 3.8) is 0 Å². The first-order valence-corrected chi connectivity index (χ1v) is 12.5. The van der Waals surface area contributed by atoms with Gasteiger partial charge in [-0.25, -0.2) is 4.98 Å². The van der Waals surface area contributed by atoms with Gasteiger partial charge >= 0.3 is 0 Å². The van der Waals surface area contributed by atoms with E-state index in [2.05, 4.69) is 11.9 Å². The molecule has 2 aromatic heterocycles. The maximum atomic E-state index is 13.4. The zero-order chi connectivity index (χ0) is 23.4. The fraction of sp³-hybridized carbons (Fsp3) is 0.160. The van der Waals surface area contributed by atoms with E-state index in [9.17, 15) is 9.59 Å². The van der Waals surface area contributed by atoms with Crippen molar-refractivity contribution in [2.45, 2.75) is 25.2 Å². The van der Waals surface area contributed by atoms with Gasteiger partial charge < -0.3 is 5.32 Å². The van der Waals surface area contributed by atoms with Crippen LogP contribution in [0, 0.1) is 6.92 Å². The molecule has 33 heavy (non-hydrogen) atoms. The Labute approximate surface area is 205 Å². The molecule has 0 aliphatic rings. The minimum atomic E-state index is -0.138. The Morgan fingerprint density at radius 1 is 1.21 bits per heavy atom. The van der Waals surface area contributed by atoms with E-state index in [4.69, 9.17) is 16.6 Å². The van der Waals surface area contributed by atoms with Gasteiger partial charge in [0.25, 0.3) is 5.56 Å². The third-order valence-corrected chi connectivity index (χ3v) is 7.17. The van der Waals surface area contributed by atoms with Gasteiger partial charge in [0, 0.05) is 29.1 Å².